The fourth-order valence-electron chi connectivity index (χ4n) is 0.576. The van der Waals surface area contributed by atoms with Gasteiger partial charge in [0.2, 0.25) is 0 Å². The fraction of sp³-hybridized carbons (Fsp3) is 0.800. The van der Waals surface area contributed by atoms with Crippen LogP contribution in [0.3, 0.4) is 0 Å². The average molecular weight is 146 g/mol. The Hall–Kier alpha value is -0.650. The van der Waals surface area contributed by atoms with E-state index in [1.807, 2.05) is 5.43 Å². The monoisotopic (exact) mass is 146 g/mol. The minimum absolute atomic E-state index is 0.339. The van der Waals surface area contributed by atoms with E-state index < -0.39 is 6.04 Å². The second-order valence-corrected chi connectivity index (χ2v) is 2.05. The van der Waals surface area contributed by atoms with Crippen molar-refractivity contribution in [1.82, 2.24) is 5.43 Å². The quantitative estimate of drug-likeness (QED) is 0.210. The number of nitrogens with one attached hydrogen (secondary N) is 1. The zero-order chi connectivity index (χ0) is 7.98. The highest BCUT2D eigenvalue weighted by molar-refractivity contribution is 5.80. The first-order valence-electron chi connectivity index (χ1n) is 3.18. The Kier molecular flexibility index (Phi) is 4.82. The molecule has 0 bridgehead atoms. The number of hydrazine groups is 1. The Balaban J connectivity index is 3.41. The van der Waals surface area contributed by atoms with Gasteiger partial charge in [-0.1, -0.05) is 0 Å². The lowest BCUT2D eigenvalue weighted by Crippen LogP contribution is -2.44. The van der Waals surface area contributed by atoms with Gasteiger partial charge in [0.1, 0.15) is 0 Å². The lowest BCUT2D eigenvalue weighted by atomic mass is 10.1. The fourth-order valence-corrected chi connectivity index (χ4v) is 0.576. The van der Waals surface area contributed by atoms with E-state index in [-0.39, 0.29) is 5.91 Å². The topological polar surface area (TPSA) is 107 Å². The summed E-state index contributed by atoms with van der Waals surface area (Å²) in [4.78, 5) is 10.6. The first-order valence-corrected chi connectivity index (χ1v) is 3.18. The summed E-state index contributed by atoms with van der Waals surface area (Å²) in [6.45, 7) is 0.547. The first-order chi connectivity index (χ1) is 4.72. The Bertz CT molecular complexity index is 106. The lowest BCUT2D eigenvalue weighted by molar-refractivity contribution is -0.122. The van der Waals surface area contributed by atoms with Crippen molar-refractivity contribution in [2.45, 2.75) is 18.9 Å². The van der Waals surface area contributed by atoms with E-state index in [9.17, 15) is 4.79 Å². The molecule has 0 aromatic heterocycles. The molecule has 10 heavy (non-hydrogen) atoms. The van der Waals surface area contributed by atoms with Gasteiger partial charge in [0, 0.05) is 0 Å². The van der Waals surface area contributed by atoms with Crippen LogP contribution in [0.5, 0.6) is 0 Å². The molecule has 7 N–H and O–H groups in total. The van der Waals surface area contributed by atoms with Gasteiger partial charge in [0.15, 0.2) is 0 Å². The molecule has 0 saturated carbocycles. The number of amides is 1. The average Bonchev–Trinajstić information content (AvgIpc) is 1.98. The summed E-state index contributed by atoms with van der Waals surface area (Å²) in [6, 6.07) is -0.520. The molecule has 0 aromatic rings. The highest BCUT2D eigenvalue weighted by Gasteiger charge is 2.09. The van der Waals surface area contributed by atoms with Gasteiger partial charge in [0.25, 0.3) is 5.91 Å². The Morgan fingerprint density at radius 1 is 1.60 bits per heavy atom. The van der Waals surface area contributed by atoms with Gasteiger partial charge in [-0.05, 0) is 19.4 Å². The molecule has 0 rings (SSSR count). The number of nitrogens with two attached hydrogens (primary N) is 3. The number of carbonyl (C=O) groups excluding carboxylic acids is 1. The van der Waals surface area contributed by atoms with Gasteiger partial charge < -0.3 is 11.5 Å². The van der Waals surface area contributed by atoms with E-state index in [0.717, 1.165) is 6.42 Å². The number of carbonyl (C=O) groups is 1. The summed E-state index contributed by atoms with van der Waals surface area (Å²) in [5.74, 6) is 4.49. The van der Waals surface area contributed by atoms with Crippen molar-refractivity contribution in [3.63, 3.8) is 0 Å². The Morgan fingerprint density at radius 2 is 2.20 bits per heavy atom. The summed E-state index contributed by atoms with van der Waals surface area (Å²) in [5, 5.41) is 0. The van der Waals surface area contributed by atoms with Crippen molar-refractivity contribution < 1.29 is 4.79 Å². The molecule has 0 aliphatic heterocycles. The van der Waals surface area contributed by atoms with Gasteiger partial charge >= 0.3 is 0 Å². The summed E-state index contributed by atoms with van der Waals surface area (Å²) in [7, 11) is 0. The normalized spacial score (nSPS) is 12.7. The van der Waals surface area contributed by atoms with Gasteiger partial charge in [-0.3, -0.25) is 10.2 Å². The second-order valence-electron chi connectivity index (χ2n) is 2.05. The van der Waals surface area contributed by atoms with Crippen LogP contribution in [-0.2, 0) is 4.79 Å². The minimum atomic E-state index is -0.520. The molecule has 0 heterocycles. The highest BCUT2D eigenvalue weighted by atomic mass is 16.2. The molecule has 0 aliphatic rings. The zero-order valence-corrected chi connectivity index (χ0v) is 5.84. The summed E-state index contributed by atoms with van der Waals surface area (Å²) >= 11 is 0. The number of hydrogen-bond donors (Lipinski definition) is 4. The van der Waals surface area contributed by atoms with Gasteiger partial charge in [-0.25, -0.2) is 5.84 Å². The van der Waals surface area contributed by atoms with Crippen molar-refractivity contribution >= 4 is 5.91 Å². The molecule has 0 aliphatic carbocycles. The maximum atomic E-state index is 10.6. The molecule has 5 nitrogen and oxygen atoms in total. The van der Waals surface area contributed by atoms with Gasteiger partial charge in [-0.2, -0.15) is 0 Å². The second kappa shape index (κ2) is 5.16. The molecule has 0 saturated heterocycles. The van der Waals surface area contributed by atoms with Crippen LogP contribution in [0.2, 0.25) is 0 Å². The largest absolute Gasteiger partial charge is 0.330 e. The standard InChI is InChI=1S/C5H14N4O/c6-3-1-2-4(7)5(10)9-8/h4H,1-3,6-8H2,(H,9,10)/t4-/m0/s1. The van der Waals surface area contributed by atoms with Crippen molar-refractivity contribution in [1.29, 1.82) is 0 Å². The van der Waals surface area contributed by atoms with Crippen LogP contribution in [0.15, 0.2) is 0 Å². The molecule has 1 amide bonds. The predicted octanol–water partition coefficient (Wildman–Crippen LogP) is -1.96. The zero-order valence-electron chi connectivity index (χ0n) is 5.84. The maximum absolute atomic E-state index is 10.6. The first kappa shape index (κ1) is 9.35. The van der Waals surface area contributed by atoms with Crippen LogP contribution < -0.4 is 22.7 Å². The smallest absolute Gasteiger partial charge is 0.250 e. The van der Waals surface area contributed by atoms with Crippen molar-refractivity contribution in [3.05, 3.63) is 0 Å². The summed E-state index contributed by atoms with van der Waals surface area (Å²) in [6.07, 6.45) is 1.33. The third kappa shape index (κ3) is 3.39. The van der Waals surface area contributed by atoms with Crippen LogP contribution in [0.1, 0.15) is 12.8 Å². The van der Waals surface area contributed by atoms with Crippen LogP contribution >= 0.6 is 0 Å². The predicted molar refractivity (Wildman–Crippen MR) is 38.6 cm³/mol. The lowest BCUT2D eigenvalue weighted by Gasteiger charge is -2.07. The van der Waals surface area contributed by atoms with Crippen molar-refractivity contribution in [3.8, 4) is 0 Å². The van der Waals surface area contributed by atoms with Crippen LogP contribution in [0.4, 0.5) is 0 Å². The Morgan fingerprint density at radius 3 is 2.60 bits per heavy atom. The van der Waals surface area contributed by atoms with E-state index in [1.54, 1.807) is 0 Å². The summed E-state index contributed by atoms with van der Waals surface area (Å²) in [5.41, 5.74) is 12.5. The van der Waals surface area contributed by atoms with Crippen LogP contribution in [0.25, 0.3) is 0 Å². The van der Waals surface area contributed by atoms with E-state index in [2.05, 4.69) is 0 Å². The molecule has 60 valence electrons. The Labute approximate surface area is 59.9 Å². The molecule has 0 spiro atoms. The van der Waals surface area contributed by atoms with E-state index in [4.69, 9.17) is 17.3 Å². The highest BCUT2D eigenvalue weighted by Crippen LogP contribution is 1.90. The number of hydrogen-bond acceptors (Lipinski definition) is 4. The van der Waals surface area contributed by atoms with Gasteiger partial charge in [-0.15, -0.1) is 0 Å². The molecule has 0 radical (unpaired) electrons. The SMILES string of the molecule is NCCC[C@H](N)C(=O)NN. The van der Waals surface area contributed by atoms with Crippen LogP contribution in [-0.4, -0.2) is 18.5 Å². The molecule has 0 fully saturated rings. The summed E-state index contributed by atoms with van der Waals surface area (Å²) < 4.78 is 0. The molecular formula is C5H14N4O. The molecule has 5 heteroatoms. The minimum Gasteiger partial charge on any atom is -0.330 e. The van der Waals surface area contributed by atoms with Crippen molar-refractivity contribution in [2.75, 3.05) is 6.54 Å². The molecule has 0 unspecified atom stereocenters. The maximum Gasteiger partial charge on any atom is 0.250 e. The molecule has 0 aromatic carbocycles. The third-order valence-electron chi connectivity index (χ3n) is 1.20. The number of rotatable bonds is 4. The van der Waals surface area contributed by atoms with Crippen molar-refractivity contribution in [2.24, 2.45) is 17.3 Å². The van der Waals surface area contributed by atoms with Gasteiger partial charge in [0.05, 0.1) is 6.04 Å². The molecular weight excluding hydrogens is 132 g/mol. The van der Waals surface area contributed by atoms with Crippen LogP contribution in [0, 0.1) is 0 Å². The third-order valence-corrected chi connectivity index (χ3v) is 1.20. The van der Waals surface area contributed by atoms with E-state index in [1.165, 1.54) is 0 Å². The van der Waals surface area contributed by atoms with E-state index >= 15 is 0 Å². The molecule has 1 atom stereocenters. The van der Waals surface area contributed by atoms with E-state index in [0.29, 0.717) is 13.0 Å².